The van der Waals surface area contributed by atoms with Crippen molar-refractivity contribution >= 4 is 23.3 Å². The normalized spacial score (nSPS) is 13.5. The third kappa shape index (κ3) is 5.56. The van der Waals surface area contributed by atoms with Gasteiger partial charge in [0.2, 0.25) is 11.6 Å². The molecule has 0 aliphatic carbocycles. The molecular weight excluding hydrogens is 530 g/mol. The number of anilines is 1. The fourth-order valence-electron chi connectivity index (χ4n) is 3.98. The maximum atomic E-state index is 15.7. The number of aromatic hydroxyl groups is 1. The number of carboxylic acids is 1. The maximum absolute atomic E-state index is 15.7. The fourth-order valence-corrected chi connectivity index (χ4v) is 3.98. The SMILES string of the molecule is CN1CCN=C1c1cccc(Oc2nc(Oc3cc(C(=N)N)ccc3O)c(F)c(N(C)C(CO)C(=O)O)c2F)c1. The van der Waals surface area contributed by atoms with E-state index in [0.717, 1.165) is 25.7 Å². The molecule has 2 heterocycles. The summed E-state index contributed by atoms with van der Waals surface area (Å²) >= 11 is 0. The van der Waals surface area contributed by atoms with Crippen LogP contribution in [0.4, 0.5) is 14.5 Å². The fraction of sp³-hybridized carbons (Fsp3) is 0.231. The van der Waals surface area contributed by atoms with Gasteiger partial charge < -0.3 is 40.3 Å². The molecule has 0 bridgehead atoms. The van der Waals surface area contributed by atoms with Crippen molar-refractivity contribution in [3.8, 4) is 29.0 Å². The Kier molecular flexibility index (Phi) is 8.00. The average Bonchev–Trinajstić information content (AvgIpc) is 3.34. The number of halogens is 2. The number of aliphatic hydroxyl groups excluding tert-OH is 1. The second-order valence-corrected chi connectivity index (χ2v) is 8.80. The molecule has 1 aliphatic heterocycles. The van der Waals surface area contributed by atoms with Gasteiger partial charge in [-0.15, -0.1) is 0 Å². The number of benzene rings is 2. The molecule has 0 spiro atoms. The molecule has 0 fully saturated rings. The predicted octanol–water partition coefficient (Wildman–Crippen LogP) is 2.51. The molecule has 40 heavy (non-hydrogen) atoms. The first-order valence-electron chi connectivity index (χ1n) is 11.9. The number of aliphatic imine (C=N–C) groups is 1. The lowest BCUT2D eigenvalue weighted by Gasteiger charge is -2.27. The number of nitrogens with one attached hydrogen (secondary N) is 1. The van der Waals surface area contributed by atoms with E-state index in [9.17, 15) is 20.1 Å². The van der Waals surface area contributed by atoms with Crippen LogP contribution in [0.2, 0.25) is 0 Å². The van der Waals surface area contributed by atoms with E-state index >= 15 is 8.78 Å². The van der Waals surface area contributed by atoms with E-state index < -0.39 is 53.4 Å². The minimum absolute atomic E-state index is 0.108. The van der Waals surface area contributed by atoms with E-state index in [1.807, 2.05) is 11.9 Å². The Morgan fingerprint density at radius 3 is 2.50 bits per heavy atom. The molecule has 210 valence electrons. The zero-order valence-electron chi connectivity index (χ0n) is 21.4. The number of aliphatic hydroxyl groups is 1. The summed E-state index contributed by atoms with van der Waals surface area (Å²) in [5.41, 5.74) is 5.37. The molecule has 1 atom stereocenters. The van der Waals surface area contributed by atoms with E-state index in [1.54, 1.807) is 18.2 Å². The van der Waals surface area contributed by atoms with Crippen LogP contribution in [-0.4, -0.2) is 82.7 Å². The number of nitrogen functional groups attached to an aromatic ring is 1. The zero-order valence-corrected chi connectivity index (χ0v) is 21.4. The topological polar surface area (TPSA) is 178 Å². The summed E-state index contributed by atoms with van der Waals surface area (Å²) in [6.07, 6.45) is 0. The highest BCUT2D eigenvalue weighted by atomic mass is 19.1. The lowest BCUT2D eigenvalue weighted by molar-refractivity contribution is -0.139. The van der Waals surface area contributed by atoms with Crippen LogP contribution in [0.15, 0.2) is 47.5 Å². The monoisotopic (exact) mass is 556 g/mol. The number of likely N-dealkylation sites (N-methyl/N-ethyl adjacent to an activating group) is 2. The summed E-state index contributed by atoms with van der Waals surface area (Å²) in [6, 6.07) is 8.38. The Balaban J connectivity index is 1.82. The van der Waals surface area contributed by atoms with Crippen LogP contribution in [0.25, 0.3) is 0 Å². The largest absolute Gasteiger partial charge is 0.504 e. The molecule has 2 aromatic carbocycles. The van der Waals surface area contributed by atoms with Crippen LogP contribution in [0.3, 0.4) is 0 Å². The molecule has 0 radical (unpaired) electrons. The molecule has 4 rings (SSSR count). The number of rotatable bonds is 10. The highest BCUT2D eigenvalue weighted by Crippen LogP contribution is 2.40. The van der Waals surface area contributed by atoms with Gasteiger partial charge in [-0.05, 0) is 30.3 Å². The number of nitrogens with zero attached hydrogens (tertiary/aromatic N) is 4. The summed E-state index contributed by atoms with van der Waals surface area (Å²) in [5.74, 6) is -6.42. The van der Waals surface area contributed by atoms with Crippen LogP contribution in [-0.2, 0) is 4.79 Å². The van der Waals surface area contributed by atoms with Crippen LogP contribution in [0.1, 0.15) is 11.1 Å². The van der Waals surface area contributed by atoms with Gasteiger partial charge in [-0.3, -0.25) is 10.4 Å². The lowest BCUT2D eigenvalue weighted by atomic mass is 10.2. The molecular formula is C26H26F2N6O6. The number of ether oxygens (including phenoxy) is 2. The minimum atomic E-state index is -1.74. The van der Waals surface area contributed by atoms with E-state index in [0.29, 0.717) is 22.8 Å². The molecule has 1 aliphatic rings. The Morgan fingerprint density at radius 2 is 1.90 bits per heavy atom. The van der Waals surface area contributed by atoms with Crippen molar-refractivity contribution in [1.82, 2.24) is 9.88 Å². The van der Waals surface area contributed by atoms with Gasteiger partial charge in [0.05, 0.1) is 13.2 Å². The molecule has 1 unspecified atom stereocenters. The maximum Gasteiger partial charge on any atom is 0.328 e. The highest BCUT2D eigenvalue weighted by Gasteiger charge is 2.32. The number of hydrogen-bond donors (Lipinski definition) is 5. The van der Waals surface area contributed by atoms with Crippen LogP contribution < -0.4 is 20.1 Å². The van der Waals surface area contributed by atoms with Crippen molar-refractivity contribution < 1.29 is 38.4 Å². The second kappa shape index (κ2) is 11.4. The van der Waals surface area contributed by atoms with E-state index in [-0.39, 0.29) is 22.9 Å². The van der Waals surface area contributed by atoms with E-state index in [4.69, 9.17) is 20.6 Å². The molecule has 14 heteroatoms. The van der Waals surface area contributed by atoms with Gasteiger partial charge in [-0.2, -0.15) is 13.8 Å². The number of aromatic nitrogens is 1. The van der Waals surface area contributed by atoms with Gasteiger partial charge in [-0.1, -0.05) is 12.1 Å². The van der Waals surface area contributed by atoms with E-state index in [1.165, 1.54) is 12.1 Å². The summed E-state index contributed by atoms with van der Waals surface area (Å²) in [5, 5.41) is 36.9. The van der Waals surface area contributed by atoms with Crippen LogP contribution in [0, 0.1) is 17.0 Å². The van der Waals surface area contributed by atoms with Crippen molar-refractivity contribution in [2.24, 2.45) is 10.7 Å². The van der Waals surface area contributed by atoms with Crippen LogP contribution in [0.5, 0.6) is 29.0 Å². The van der Waals surface area contributed by atoms with Crippen molar-refractivity contribution in [1.29, 1.82) is 5.41 Å². The van der Waals surface area contributed by atoms with Crippen molar-refractivity contribution in [2.45, 2.75) is 6.04 Å². The standard InChI is InChI=1S/C26H26F2N6O6/c1-33-9-8-31-23(33)14-4-3-5-15(10-14)39-24-19(27)21(34(2)16(12-35)26(37)38)20(28)25(32-24)40-18-11-13(22(29)30)6-7-17(18)36/h3-7,10-11,16,35-36H,8-9,12H2,1-2H3,(H3,29,30)(H,37,38). The Morgan fingerprint density at radius 1 is 1.20 bits per heavy atom. The Bertz CT molecular complexity index is 1500. The van der Waals surface area contributed by atoms with Gasteiger partial charge in [0.25, 0.3) is 11.8 Å². The third-order valence-electron chi connectivity index (χ3n) is 6.12. The van der Waals surface area contributed by atoms with Gasteiger partial charge in [0.1, 0.15) is 23.1 Å². The summed E-state index contributed by atoms with van der Waals surface area (Å²) in [7, 11) is 2.93. The summed E-state index contributed by atoms with van der Waals surface area (Å²) in [6.45, 7) is 0.353. The first kappa shape index (κ1) is 28.0. The first-order chi connectivity index (χ1) is 19.0. The van der Waals surface area contributed by atoms with Gasteiger partial charge in [0, 0.05) is 31.8 Å². The number of hydrogen-bond acceptors (Lipinski definition) is 10. The van der Waals surface area contributed by atoms with Gasteiger partial charge >= 0.3 is 5.97 Å². The summed E-state index contributed by atoms with van der Waals surface area (Å²) in [4.78, 5) is 22.5. The molecule has 0 saturated heterocycles. The second-order valence-electron chi connectivity index (χ2n) is 8.80. The molecule has 0 saturated carbocycles. The number of amidine groups is 2. The quantitative estimate of drug-likeness (QED) is 0.184. The molecule has 3 aromatic rings. The van der Waals surface area contributed by atoms with Crippen molar-refractivity contribution in [2.75, 3.05) is 38.7 Å². The third-order valence-corrected chi connectivity index (χ3v) is 6.12. The molecule has 12 nitrogen and oxygen atoms in total. The van der Waals surface area contributed by atoms with Crippen molar-refractivity contribution in [3.63, 3.8) is 0 Å². The minimum Gasteiger partial charge on any atom is -0.504 e. The smallest absolute Gasteiger partial charge is 0.328 e. The average molecular weight is 557 g/mol. The highest BCUT2D eigenvalue weighted by molar-refractivity contribution is 6.00. The predicted molar refractivity (Wildman–Crippen MR) is 141 cm³/mol. The molecule has 0 amide bonds. The lowest BCUT2D eigenvalue weighted by Crippen LogP contribution is -2.42. The first-order valence-corrected chi connectivity index (χ1v) is 11.9. The van der Waals surface area contributed by atoms with Gasteiger partial charge in [-0.25, -0.2) is 4.79 Å². The molecule has 6 N–H and O–H groups in total. The number of pyridine rings is 1. The number of phenols is 1. The number of nitrogens with two attached hydrogens (primary N) is 1. The van der Waals surface area contributed by atoms with Crippen molar-refractivity contribution in [3.05, 3.63) is 65.2 Å². The number of phenolic OH excluding ortho intramolecular Hbond substituents is 1. The van der Waals surface area contributed by atoms with Crippen LogP contribution >= 0.6 is 0 Å². The van der Waals surface area contributed by atoms with E-state index in [2.05, 4.69) is 9.98 Å². The summed E-state index contributed by atoms with van der Waals surface area (Å²) < 4.78 is 42.5. The number of aliphatic carboxylic acids is 1. The zero-order chi connectivity index (χ0) is 29.1. The molecule has 1 aromatic heterocycles. The Hall–Kier alpha value is -4.98. The Labute approximate surface area is 227 Å². The number of carbonyl (C=O) groups is 1. The number of carboxylic acid groups (broad SMARTS) is 1. The van der Waals surface area contributed by atoms with Gasteiger partial charge in [0.15, 0.2) is 17.5 Å².